The van der Waals surface area contributed by atoms with Gasteiger partial charge in [-0.2, -0.15) is 0 Å². The van der Waals surface area contributed by atoms with E-state index in [9.17, 15) is 18.7 Å². The first-order chi connectivity index (χ1) is 11.0. The van der Waals surface area contributed by atoms with Crippen molar-refractivity contribution in [2.24, 2.45) is 0 Å². The molecule has 0 unspecified atom stereocenters. The van der Waals surface area contributed by atoms with Crippen molar-refractivity contribution in [3.8, 4) is 5.75 Å². The van der Waals surface area contributed by atoms with E-state index in [1.165, 1.54) is 6.07 Å². The molecule has 0 radical (unpaired) electrons. The fourth-order valence-corrected chi connectivity index (χ4v) is 2.61. The Bertz CT molecular complexity index is 534. The molecule has 0 heterocycles. The van der Waals surface area contributed by atoms with Crippen molar-refractivity contribution in [3.63, 3.8) is 0 Å². The zero-order chi connectivity index (χ0) is 16.7. The van der Waals surface area contributed by atoms with Crippen LogP contribution in [0.4, 0.5) is 13.6 Å². The van der Waals surface area contributed by atoms with Crippen molar-refractivity contribution in [1.29, 1.82) is 0 Å². The van der Waals surface area contributed by atoms with Crippen molar-refractivity contribution in [1.82, 2.24) is 10.6 Å². The number of rotatable bonds is 6. The number of halogens is 2. The average Bonchev–Trinajstić information content (AvgIpc) is 2.52. The smallest absolute Gasteiger partial charge is 0.315 e. The molecular formula is C16H22F2N2O3. The van der Waals surface area contributed by atoms with Gasteiger partial charge in [0.15, 0.2) is 11.6 Å². The summed E-state index contributed by atoms with van der Waals surface area (Å²) in [5.41, 5.74) is -0.816. The summed E-state index contributed by atoms with van der Waals surface area (Å²) in [4.78, 5) is 11.6. The van der Waals surface area contributed by atoms with Crippen molar-refractivity contribution < 1.29 is 23.4 Å². The van der Waals surface area contributed by atoms with Crippen LogP contribution in [0.5, 0.6) is 5.75 Å². The van der Waals surface area contributed by atoms with Gasteiger partial charge < -0.3 is 20.5 Å². The number of hydrogen-bond acceptors (Lipinski definition) is 3. The number of nitrogens with one attached hydrogen (secondary N) is 2. The fourth-order valence-electron chi connectivity index (χ4n) is 2.61. The van der Waals surface area contributed by atoms with Crippen LogP contribution in [0.1, 0.15) is 32.1 Å². The maximum Gasteiger partial charge on any atom is 0.315 e. The molecule has 1 aliphatic rings. The number of benzene rings is 1. The second kappa shape index (κ2) is 8.10. The molecule has 0 bridgehead atoms. The topological polar surface area (TPSA) is 70.6 Å². The molecule has 1 fully saturated rings. The Hall–Kier alpha value is -1.89. The molecule has 0 spiro atoms. The average molecular weight is 328 g/mol. The number of ether oxygens (including phenoxy) is 1. The summed E-state index contributed by atoms with van der Waals surface area (Å²) in [6, 6.07) is 2.62. The van der Waals surface area contributed by atoms with Crippen molar-refractivity contribution in [2.75, 3.05) is 19.7 Å². The number of hydrogen-bond donors (Lipinski definition) is 3. The summed E-state index contributed by atoms with van der Waals surface area (Å²) in [5, 5.41) is 15.4. The molecule has 2 rings (SSSR count). The second-order valence-electron chi connectivity index (χ2n) is 5.82. The van der Waals surface area contributed by atoms with Gasteiger partial charge in [-0.15, -0.1) is 0 Å². The molecule has 1 aliphatic carbocycles. The summed E-state index contributed by atoms with van der Waals surface area (Å²) >= 11 is 0. The Morgan fingerprint density at radius 3 is 2.65 bits per heavy atom. The van der Waals surface area contributed by atoms with Gasteiger partial charge in [-0.05, 0) is 25.0 Å². The van der Waals surface area contributed by atoms with E-state index in [0.717, 1.165) is 31.4 Å². The van der Waals surface area contributed by atoms with E-state index < -0.39 is 23.3 Å². The highest BCUT2D eigenvalue weighted by molar-refractivity contribution is 5.73. The minimum Gasteiger partial charge on any atom is -0.489 e. The van der Waals surface area contributed by atoms with E-state index in [0.29, 0.717) is 12.8 Å². The van der Waals surface area contributed by atoms with Crippen LogP contribution < -0.4 is 15.4 Å². The van der Waals surface area contributed by atoms with Gasteiger partial charge in [-0.25, -0.2) is 13.6 Å². The Kier molecular flexibility index (Phi) is 6.15. The van der Waals surface area contributed by atoms with Gasteiger partial charge >= 0.3 is 6.03 Å². The lowest BCUT2D eigenvalue weighted by atomic mass is 9.85. The molecule has 23 heavy (non-hydrogen) atoms. The highest BCUT2D eigenvalue weighted by atomic mass is 19.1. The van der Waals surface area contributed by atoms with Gasteiger partial charge in [0.1, 0.15) is 12.4 Å². The third-order valence-corrected chi connectivity index (χ3v) is 3.90. The maximum atomic E-state index is 13.3. The number of carbonyl (C=O) groups excluding carboxylic acids is 1. The Labute approximate surface area is 134 Å². The fraction of sp³-hybridized carbons (Fsp3) is 0.562. The molecule has 0 atom stereocenters. The summed E-state index contributed by atoms with van der Waals surface area (Å²) in [6.07, 6.45) is 4.44. The lowest BCUT2D eigenvalue weighted by Crippen LogP contribution is -2.47. The molecule has 7 heteroatoms. The van der Waals surface area contributed by atoms with Crippen LogP contribution >= 0.6 is 0 Å². The van der Waals surface area contributed by atoms with Crippen molar-refractivity contribution in [3.05, 3.63) is 29.8 Å². The summed E-state index contributed by atoms with van der Waals surface area (Å²) in [6.45, 7) is 0.438. The predicted octanol–water partition coefficient (Wildman–Crippen LogP) is 2.34. The normalized spacial score (nSPS) is 16.7. The lowest BCUT2D eigenvalue weighted by molar-refractivity contribution is 0.00719. The van der Waals surface area contributed by atoms with Gasteiger partial charge in [-0.3, -0.25) is 0 Å². The third kappa shape index (κ3) is 5.67. The van der Waals surface area contributed by atoms with Crippen LogP contribution in [0.2, 0.25) is 0 Å². The minimum atomic E-state index is -0.816. The molecule has 0 saturated heterocycles. The molecular weight excluding hydrogens is 306 g/mol. The number of urea groups is 1. The highest BCUT2D eigenvalue weighted by Crippen LogP contribution is 2.27. The molecule has 1 aromatic carbocycles. The molecule has 0 aromatic heterocycles. The molecule has 5 nitrogen and oxygen atoms in total. The standard InChI is InChI=1S/C16H22F2N2O3/c17-12-4-5-14(13(18)10-12)23-9-8-19-15(21)20-11-16(22)6-2-1-3-7-16/h4-5,10,22H,1-3,6-9,11H2,(H2,19,20,21). The van der Waals surface area contributed by atoms with E-state index in [4.69, 9.17) is 4.74 Å². The number of carbonyl (C=O) groups is 1. The first-order valence-corrected chi connectivity index (χ1v) is 7.80. The van der Waals surface area contributed by atoms with Crippen LogP contribution in [0.3, 0.4) is 0 Å². The van der Waals surface area contributed by atoms with E-state index in [1.54, 1.807) is 0 Å². The van der Waals surface area contributed by atoms with Crippen LogP contribution in [0.25, 0.3) is 0 Å². The largest absolute Gasteiger partial charge is 0.489 e. The van der Waals surface area contributed by atoms with E-state index in [-0.39, 0.29) is 25.4 Å². The van der Waals surface area contributed by atoms with Gasteiger partial charge in [-0.1, -0.05) is 19.3 Å². The molecule has 0 aliphatic heterocycles. The first-order valence-electron chi connectivity index (χ1n) is 7.80. The van der Waals surface area contributed by atoms with Crippen molar-refractivity contribution in [2.45, 2.75) is 37.7 Å². The van der Waals surface area contributed by atoms with Gasteiger partial charge in [0.2, 0.25) is 0 Å². The molecule has 1 saturated carbocycles. The molecule has 2 amide bonds. The van der Waals surface area contributed by atoms with E-state index in [2.05, 4.69) is 10.6 Å². The Morgan fingerprint density at radius 1 is 1.22 bits per heavy atom. The Balaban J connectivity index is 1.63. The summed E-state index contributed by atoms with van der Waals surface area (Å²) < 4.78 is 31.2. The number of amides is 2. The van der Waals surface area contributed by atoms with Crippen LogP contribution in [0.15, 0.2) is 18.2 Å². The zero-order valence-electron chi connectivity index (χ0n) is 12.9. The monoisotopic (exact) mass is 328 g/mol. The van der Waals surface area contributed by atoms with E-state index >= 15 is 0 Å². The van der Waals surface area contributed by atoms with Crippen LogP contribution in [-0.4, -0.2) is 36.4 Å². The van der Waals surface area contributed by atoms with Crippen LogP contribution in [-0.2, 0) is 0 Å². The van der Waals surface area contributed by atoms with Gasteiger partial charge in [0.05, 0.1) is 12.1 Å². The summed E-state index contributed by atoms with van der Waals surface area (Å²) in [5.74, 6) is -1.52. The first kappa shape index (κ1) is 17.5. The van der Waals surface area contributed by atoms with Gasteiger partial charge in [0, 0.05) is 12.6 Å². The maximum absolute atomic E-state index is 13.3. The van der Waals surface area contributed by atoms with Crippen LogP contribution in [0, 0.1) is 11.6 Å². The SMILES string of the molecule is O=C(NCCOc1ccc(F)cc1F)NCC1(O)CCCCC1. The van der Waals surface area contributed by atoms with Gasteiger partial charge in [0.25, 0.3) is 0 Å². The van der Waals surface area contributed by atoms with Crippen molar-refractivity contribution >= 4 is 6.03 Å². The molecule has 3 N–H and O–H groups in total. The second-order valence-corrected chi connectivity index (χ2v) is 5.82. The minimum absolute atomic E-state index is 0.0558. The highest BCUT2D eigenvalue weighted by Gasteiger charge is 2.29. The van der Waals surface area contributed by atoms with E-state index in [1.807, 2.05) is 0 Å². The number of aliphatic hydroxyl groups is 1. The molecule has 1 aromatic rings. The quantitative estimate of drug-likeness (QED) is 0.702. The molecule has 128 valence electrons. The Morgan fingerprint density at radius 2 is 1.96 bits per heavy atom. The lowest BCUT2D eigenvalue weighted by Gasteiger charge is -2.32. The third-order valence-electron chi connectivity index (χ3n) is 3.90. The zero-order valence-corrected chi connectivity index (χ0v) is 12.9. The summed E-state index contributed by atoms with van der Waals surface area (Å²) in [7, 11) is 0. The predicted molar refractivity (Wildman–Crippen MR) is 81.3 cm³/mol.